The Bertz CT molecular complexity index is 614. The summed E-state index contributed by atoms with van der Waals surface area (Å²) < 4.78 is 25.7. The molecule has 2 aliphatic rings. The molecule has 13 heteroatoms. The maximum atomic E-state index is 11.7. The summed E-state index contributed by atoms with van der Waals surface area (Å²) in [6.45, 7) is 0.836. The van der Waals surface area contributed by atoms with Crippen LogP contribution in [0.2, 0.25) is 0 Å². The quantitative estimate of drug-likeness (QED) is 0.220. The molecule has 0 spiro atoms. The van der Waals surface area contributed by atoms with Gasteiger partial charge in [-0.1, -0.05) is 6.92 Å². The highest BCUT2D eigenvalue weighted by atomic mass is 16.7. The molecule has 2 saturated heterocycles. The molecular formula is C17H28O13. The van der Waals surface area contributed by atoms with Crippen molar-refractivity contribution in [2.75, 3.05) is 27.4 Å². The highest BCUT2D eigenvalue weighted by Crippen LogP contribution is 2.39. The number of aliphatic hydroxyl groups excluding tert-OH is 4. The van der Waals surface area contributed by atoms with Crippen LogP contribution in [0.15, 0.2) is 0 Å². The van der Waals surface area contributed by atoms with Crippen LogP contribution in [0.3, 0.4) is 0 Å². The number of hydrogen-bond acceptors (Lipinski definition) is 11. The molecule has 174 valence electrons. The van der Waals surface area contributed by atoms with E-state index in [9.17, 15) is 40.2 Å². The van der Waals surface area contributed by atoms with E-state index in [2.05, 4.69) is 0 Å². The molecule has 6 N–H and O–H groups in total. The standard InChI is InChI=1S/C17H28O13/c1-17(5-27-3)12(21)9(20)16(30-13(17)15(24)25)29-10-8(19)7(18)6(4-26-2)28-11(10)14(22)23/h6-13,16,18-21H,4-5H2,1-3H3,(H,22,23)(H,24,25). The molecule has 0 aliphatic carbocycles. The average molecular weight is 440 g/mol. The third kappa shape index (κ3) is 4.59. The van der Waals surface area contributed by atoms with Crippen molar-refractivity contribution in [3.05, 3.63) is 0 Å². The molecule has 10 atom stereocenters. The van der Waals surface area contributed by atoms with Crippen LogP contribution in [0.25, 0.3) is 0 Å². The lowest BCUT2D eigenvalue weighted by Crippen LogP contribution is -2.67. The van der Waals surface area contributed by atoms with Gasteiger partial charge < -0.3 is 54.3 Å². The maximum absolute atomic E-state index is 11.7. The molecule has 2 rings (SSSR count). The fourth-order valence-corrected chi connectivity index (χ4v) is 3.74. The van der Waals surface area contributed by atoms with E-state index in [1.54, 1.807) is 0 Å². The van der Waals surface area contributed by atoms with Crippen molar-refractivity contribution in [3.63, 3.8) is 0 Å². The van der Waals surface area contributed by atoms with Gasteiger partial charge in [0.05, 0.1) is 24.7 Å². The van der Waals surface area contributed by atoms with Crippen LogP contribution >= 0.6 is 0 Å². The Hall–Kier alpha value is -1.42. The number of aliphatic carboxylic acids is 2. The minimum absolute atomic E-state index is 0.216. The summed E-state index contributed by atoms with van der Waals surface area (Å²) in [5, 5.41) is 60.5. The topological polar surface area (TPSA) is 202 Å². The summed E-state index contributed by atoms with van der Waals surface area (Å²) in [6, 6.07) is 0. The SMILES string of the molecule is COCC1OC(C(=O)O)C(OC2OC(C(=O)O)C(C)(COC)C(O)C2O)C(O)C1O. The molecule has 0 bridgehead atoms. The highest BCUT2D eigenvalue weighted by Gasteiger charge is 2.58. The summed E-state index contributed by atoms with van der Waals surface area (Å²) in [6.07, 6.45) is -15.2. The largest absolute Gasteiger partial charge is 0.479 e. The van der Waals surface area contributed by atoms with Crippen LogP contribution in [0.1, 0.15) is 6.92 Å². The maximum Gasteiger partial charge on any atom is 0.335 e. The summed E-state index contributed by atoms with van der Waals surface area (Å²) in [5.41, 5.74) is -1.56. The number of carboxylic acids is 2. The molecular weight excluding hydrogens is 412 g/mol. The van der Waals surface area contributed by atoms with Gasteiger partial charge in [0.1, 0.15) is 30.5 Å². The van der Waals surface area contributed by atoms with Crippen molar-refractivity contribution >= 4 is 11.9 Å². The first kappa shape index (κ1) is 24.8. The first-order valence-corrected chi connectivity index (χ1v) is 9.11. The second-order valence-corrected chi connectivity index (χ2v) is 7.57. The van der Waals surface area contributed by atoms with Gasteiger partial charge in [0.25, 0.3) is 0 Å². The van der Waals surface area contributed by atoms with Gasteiger partial charge in [0.15, 0.2) is 18.5 Å². The predicted octanol–water partition coefficient (Wildman–Crippen LogP) is -3.22. The summed E-state index contributed by atoms with van der Waals surface area (Å²) in [4.78, 5) is 23.3. The summed E-state index contributed by atoms with van der Waals surface area (Å²) in [7, 11) is 2.56. The van der Waals surface area contributed by atoms with Crippen LogP contribution in [-0.2, 0) is 33.3 Å². The second-order valence-electron chi connectivity index (χ2n) is 7.57. The fourth-order valence-electron chi connectivity index (χ4n) is 3.74. The van der Waals surface area contributed by atoms with Crippen LogP contribution in [0, 0.1) is 5.41 Å². The van der Waals surface area contributed by atoms with Crippen LogP contribution < -0.4 is 0 Å². The Morgan fingerprint density at radius 2 is 1.57 bits per heavy atom. The molecule has 0 aromatic rings. The van der Waals surface area contributed by atoms with Gasteiger partial charge in [-0.3, -0.25) is 0 Å². The molecule has 13 nitrogen and oxygen atoms in total. The lowest BCUT2D eigenvalue weighted by Gasteiger charge is -2.49. The van der Waals surface area contributed by atoms with Crippen LogP contribution in [-0.4, -0.2) is 125 Å². The van der Waals surface area contributed by atoms with E-state index in [1.807, 2.05) is 0 Å². The van der Waals surface area contributed by atoms with Gasteiger partial charge in [-0.2, -0.15) is 0 Å². The Morgan fingerprint density at radius 1 is 0.933 bits per heavy atom. The van der Waals surface area contributed by atoms with Gasteiger partial charge in [-0.15, -0.1) is 0 Å². The minimum Gasteiger partial charge on any atom is -0.479 e. The Morgan fingerprint density at radius 3 is 2.07 bits per heavy atom. The third-order valence-corrected chi connectivity index (χ3v) is 5.38. The van der Waals surface area contributed by atoms with Crippen molar-refractivity contribution in [2.45, 2.75) is 62.0 Å². The third-order valence-electron chi connectivity index (χ3n) is 5.38. The number of ether oxygens (including phenoxy) is 5. The van der Waals surface area contributed by atoms with Crippen molar-refractivity contribution in [2.24, 2.45) is 5.41 Å². The lowest BCUT2D eigenvalue weighted by atomic mass is 9.74. The Balaban J connectivity index is 2.28. The lowest BCUT2D eigenvalue weighted by molar-refractivity contribution is -0.344. The Kier molecular flexibility index (Phi) is 8.12. The van der Waals surface area contributed by atoms with E-state index in [-0.39, 0.29) is 13.2 Å². The second kappa shape index (κ2) is 9.80. The van der Waals surface area contributed by atoms with E-state index >= 15 is 0 Å². The molecule has 0 amide bonds. The number of carboxylic acid groups (broad SMARTS) is 2. The average Bonchev–Trinajstić information content (AvgIpc) is 2.67. The van der Waals surface area contributed by atoms with Gasteiger partial charge in [0, 0.05) is 14.2 Å². The van der Waals surface area contributed by atoms with Gasteiger partial charge in [-0.05, 0) is 0 Å². The predicted molar refractivity (Wildman–Crippen MR) is 93.4 cm³/mol. The zero-order chi connectivity index (χ0) is 22.8. The number of rotatable bonds is 8. The molecule has 2 heterocycles. The molecule has 0 aromatic heterocycles. The first-order chi connectivity index (χ1) is 14.0. The van der Waals surface area contributed by atoms with Gasteiger partial charge >= 0.3 is 11.9 Å². The minimum atomic E-state index is -1.85. The van der Waals surface area contributed by atoms with E-state index in [4.69, 9.17) is 23.7 Å². The molecule has 30 heavy (non-hydrogen) atoms. The van der Waals surface area contributed by atoms with Crippen molar-refractivity contribution < 1.29 is 63.9 Å². The Labute approximate surface area is 171 Å². The highest BCUT2D eigenvalue weighted by molar-refractivity contribution is 5.74. The van der Waals surface area contributed by atoms with Gasteiger partial charge in [0.2, 0.25) is 0 Å². The molecule has 0 aromatic carbocycles. The van der Waals surface area contributed by atoms with E-state index in [0.29, 0.717) is 0 Å². The number of carbonyl (C=O) groups is 2. The van der Waals surface area contributed by atoms with E-state index in [1.165, 1.54) is 21.1 Å². The van der Waals surface area contributed by atoms with Crippen molar-refractivity contribution in [3.8, 4) is 0 Å². The zero-order valence-corrected chi connectivity index (χ0v) is 16.7. The number of methoxy groups -OCH3 is 2. The monoisotopic (exact) mass is 440 g/mol. The summed E-state index contributed by atoms with van der Waals surface area (Å²) >= 11 is 0. The molecule has 10 unspecified atom stereocenters. The zero-order valence-electron chi connectivity index (χ0n) is 16.7. The molecule has 2 fully saturated rings. The fraction of sp³-hybridized carbons (Fsp3) is 0.882. The van der Waals surface area contributed by atoms with E-state index < -0.39 is 72.5 Å². The number of hydrogen-bond donors (Lipinski definition) is 6. The van der Waals surface area contributed by atoms with Crippen molar-refractivity contribution in [1.82, 2.24) is 0 Å². The van der Waals surface area contributed by atoms with Crippen LogP contribution in [0.4, 0.5) is 0 Å². The normalized spacial score (nSPS) is 44.6. The smallest absolute Gasteiger partial charge is 0.335 e. The molecule has 0 saturated carbocycles. The number of aliphatic hydroxyl groups is 4. The van der Waals surface area contributed by atoms with Crippen molar-refractivity contribution in [1.29, 1.82) is 0 Å². The first-order valence-electron chi connectivity index (χ1n) is 9.11. The molecule has 2 aliphatic heterocycles. The summed E-state index contributed by atoms with van der Waals surface area (Å²) in [5.74, 6) is -3.03. The molecule has 0 radical (unpaired) electrons. The van der Waals surface area contributed by atoms with Gasteiger partial charge in [-0.25, -0.2) is 9.59 Å². The van der Waals surface area contributed by atoms with E-state index in [0.717, 1.165) is 0 Å². The van der Waals surface area contributed by atoms with Crippen LogP contribution in [0.5, 0.6) is 0 Å².